The third-order valence-electron chi connectivity index (χ3n) is 4.19. The lowest BCUT2D eigenvalue weighted by molar-refractivity contribution is 0.0697. The molecule has 1 amide bonds. The van der Waals surface area contributed by atoms with Gasteiger partial charge in [-0.1, -0.05) is 11.6 Å². The molecule has 2 heterocycles. The van der Waals surface area contributed by atoms with E-state index >= 15 is 0 Å². The molecule has 140 valence electrons. The normalized spacial score (nSPS) is 11.0. The fraction of sp³-hybridized carbons (Fsp3) is 0. The van der Waals surface area contributed by atoms with E-state index in [1.54, 1.807) is 18.2 Å². The average molecular weight is 399 g/mol. The zero-order chi connectivity index (χ0) is 20.0. The van der Waals surface area contributed by atoms with Crippen molar-refractivity contribution < 1.29 is 14.7 Å². The lowest BCUT2D eigenvalue weighted by Gasteiger charge is -2.07. The lowest BCUT2D eigenvalue weighted by atomic mass is 10.1. The number of hydrogen-bond acceptors (Lipinski definition) is 4. The maximum Gasteiger partial charge on any atom is 0.348 e. The topological polar surface area (TPSA) is 137 Å². The highest BCUT2D eigenvalue weighted by Gasteiger charge is 2.15. The minimum Gasteiger partial charge on any atom is -0.478 e. The number of nitrogens with zero attached hydrogens (tertiary/aromatic N) is 1. The van der Waals surface area contributed by atoms with Gasteiger partial charge in [0.25, 0.3) is 11.5 Å². The van der Waals surface area contributed by atoms with Gasteiger partial charge in [-0.15, -0.1) is 0 Å². The highest BCUT2D eigenvalue weighted by molar-refractivity contribution is 6.31. The third kappa shape index (κ3) is 2.93. The fourth-order valence-corrected chi connectivity index (χ4v) is 3.02. The number of carbonyl (C=O) groups excluding carboxylic acids is 1. The zero-order valence-corrected chi connectivity index (χ0v) is 14.7. The van der Waals surface area contributed by atoms with Crippen molar-refractivity contribution in [3.05, 3.63) is 79.6 Å². The van der Waals surface area contributed by atoms with Crippen LogP contribution in [-0.4, -0.2) is 31.6 Å². The second kappa shape index (κ2) is 6.39. The van der Waals surface area contributed by atoms with Gasteiger partial charge in [0, 0.05) is 15.9 Å². The van der Waals surface area contributed by atoms with Gasteiger partial charge in [0.1, 0.15) is 5.69 Å². The van der Waals surface area contributed by atoms with Crippen LogP contribution in [0.4, 0.5) is 0 Å². The number of amides is 1. The van der Waals surface area contributed by atoms with Crippen LogP contribution in [0.15, 0.2) is 52.1 Å². The molecule has 0 aliphatic rings. The van der Waals surface area contributed by atoms with E-state index in [2.05, 4.69) is 15.4 Å². The molecular weight excluding hydrogens is 388 g/mol. The molecule has 0 saturated carbocycles. The van der Waals surface area contributed by atoms with Crippen LogP contribution in [0.2, 0.25) is 5.02 Å². The standard InChI is InChI=1S/C18H11ClN4O5/c19-10-2-4-12-9(5-10)7-14(20-12)15(24)22-23-16(25)11-3-1-8(17(26)27)6-13(11)21-18(23)28/h1-7,20H,(H,21,28)(H,22,24)(H,26,27). The SMILES string of the molecule is O=C(O)c1ccc2c(=O)n(NC(=O)c3cc4cc(Cl)ccc4[nH]3)c(=O)[nH]c2c1. The molecule has 10 heteroatoms. The van der Waals surface area contributed by atoms with E-state index in [-0.39, 0.29) is 22.2 Å². The van der Waals surface area contributed by atoms with Crippen molar-refractivity contribution in [2.24, 2.45) is 0 Å². The van der Waals surface area contributed by atoms with Crippen LogP contribution in [0.1, 0.15) is 20.8 Å². The summed E-state index contributed by atoms with van der Waals surface area (Å²) in [6.45, 7) is 0. The summed E-state index contributed by atoms with van der Waals surface area (Å²) in [7, 11) is 0. The highest BCUT2D eigenvalue weighted by Crippen LogP contribution is 2.20. The predicted octanol–water partition coefficient (Wildman–Crippen LogP) is 1.91. The van der Waals surface area contributed by atoms with Crippen molar-refractivity contribution >= 4 is 45.3 Å². The van der Waals surface area contributed by atoms with Crippen LogP contribution in [0.25, 0.3) is 21.8 Å². The third-order valence-corrected chi connectivity index (χ3v) is 4.42. The molecule has 0 spiro atoms. The molecule has 2 aromatic heterocycles. The summed E-state index contributed by atoms with van der Waals surface area (Å²) in [5.74, 6) is -1.90. The summed E-state index contributed by atoms with van der Waals surface area (Å²) >= 11 is 5.92. The molecule has 9 nitrogen and oxygen atoms in total. The molecule has 4 N–H and O–H groups in total. The highest BCUT2D eigenvalue weighted by atomic mass is 35.5. The van der Waals surface area contributed by atoms with Gasteiger partial charge < -0.3 is 15.1 Å². The van der Waals surface area contributed by atoms with Crippen LogP contribution in [-0.2, 0) is 0 Å². The Morgan fingerprint density at radius 3 is 2.54 bits per heavy atom. The second-order valence-corrected chi connectivity index (χ2v) is 6.43. The van der Waals surface area contributed by atoms with E-state index < -0.39 is 23.1 Å². The van der Waals surface area contributed by atoms with E-state index in [0.29, 0.717) is 20.6 Å². The van der Waals surface area contributed by atoms with Crippen LogP contribution in [0.5, 0.6) is 0 Å². The molecule has 0 radical (unpaired) electrons. The Bertz CT molecular complexity index is 1400. The maximum atomic E-state index is 12.6. The van der Waals surface area contributed by atoms with Crippen LogP contribution < -0.4 is 16.7 Å². The number of carboxylic acid groups (broad SMARTS) is 1. The Kier molecular flexibility index (Phi) is 4.01. The second-order valence-electron chi connectivity index (χ2n) is 5.99. The summed E-state index contributed by atoms with van der Waals surface area (Å²) in [6.07, 6.45) is 0. The Morgan fingerprint density at radius 1 is 1.00 bits per heavy atom. The molecule has 28 heavy (non-hydrogen) atoms. The molecule has 2 aromatic carbocycles. The van der Waals surface area contributed by atoms with Crippen molar-refractivity contribution in [1.82, 2.24) is 14.6 Å². The van der Waals surface area contributed by atoms with E-state index in [1.807, 2.05) is 0 Å². The molecule has 0 bridgehead atoms. The van der Waals surface area contributed by atoms with Crippen molar-refractivity contribution in [3.8, 4) is 0 Å². The Balaban J connectivity index is 1.75. The largest absolute Gasteiger partial charge is 0.478 e. The quantitative estimate of drug-likeness (QED) is 0.417. The first-order valence-corrected chi connectivity index (χ1v) is 8.33. The summed E-state index contributed by atoms with van der Waals surface area (Å²) in [5, 5.41) is 10.3. The first-order valence-electron chi connectivity index (χ1n) is 7.95. The van der Waals surface area contributed by atoms with Gasteiger partial charge in [-0.05, 0) is 42.5 Å². The summed E-state index contributed by atoms with van der Waals surface area (Å²) in [4.78, 5) is 53.6. The monoisotopic (exact) mass is 398 g/mol. The first kappa shape index (κ1) is 17.6. The number of benzene rings is 2. The lowest BCUT2D eigenvalue weighted by Crippen LogP contribution is -2.43. The number of aromatic amines is 2. The molecule has 0 fully saturated rings. The smallest absolute Gasteiger partial charge is 0.348 e. The number of rotatable bonds is 3. The average Bonchev–Trinajstić information content (AvgIpc) is 3.07. The molecule has 0 unspecified atom stereocenters. The van der Waals surface area contributed by atoms with Gasteiger partial charge in [-0.2, -0.15) is 4.68 Å². The van der Waals surface area contributed by atoms with Gasteiger partial charge >= 0.3 is 11.7 Å². The number of hydrogen-bond donors (Lipinski definition) is 4. The summed E-state index contributed by atoms with van der Waals surface area (Å²) in [6, 6.07) is 10.2. The number of halogens is 1. The first-order chi connectivity index (χ1) is 13.3. The Labute approximate surface area is 160 Å². The van der Waals surface area contributed by atoms with Gasteiger partial charge in [0.2, 0.25) is 0 Å². The van der Waals surface area contributed by atoms with Crippen molar-refractivity contribution in [2.45, 2.75) is 0 Å². The summed E-state index contributed by atoms with van der Waals surface area (Å²) in [5.41, 5.74) is 1.31. The minimum atomic E-state index is -1.20. The van der Waals surface area contributed by atoms with Crippen LogP contribution >= 0.6 is 11.6 Å². The molecule has 0 saturated heterocycles. The van der Waals surface area contributed by atoms with Crippen LogP contribution in [0, 0.1) is 0 Å². The number of nitrogens with one attached hydrogen (secondary N) is 3. The van der Waals surface area contributed by atoms with E-state index in [4.69, 9.17) is 16.7 Å². The molecular formula is C18H11ClN4O5. The van der Waals surface area contributed by atoms with E-state index in [0.717, 1.165) is 0 Å². The fourth-order valence-electron chi connectivity index (χ4n) is 2.84. The van der Waals surface area contributed by atoms with Crippen molar-refractivity contribution in [1.29, 1.82) is 0 Å². The molecule has 4 aromatic rings. The van der Waals surface area contributed by atoms with Gasteiger partial charge in [0.05, 0.1) is 16.5 Å². The number of H-pyrrole nitrogens is 2. The molecule has 0 aliphatic carbocycles. The van der Waals surface area contributed by atoms with Crippen LogP contribution in [0.3, 0.4) is 0 Å². The number of aromatic carboxylic acids is 1. The van der Waals surface area contributed by atoms with Crippen molar-refractivity contribution in [2.75, 3.05) is 5.43 Å². The van der Waals surface area contributed by atoms with Gasteiger partial charge in [-0.25, -0.2) is 9.59 Å². The summed E-state index contributed by atoms with van der Waals surface area (Å²) < 4.78 is 0.531. The zero-order valence-electron chi connectivity index (χ0n) is 13.9. The Morgan fingerprint density at radius 2 is 1.79 bits per heavy atom. The minimum absolute atomic E-state index is 0.0494. The number of carboxylic acids is 1. The van der Waals surface area contributed by atoms with Crippen molar-refractivity contribution in [3.63, 3.8) is 0 Å². The van der Waals surface area contributed by atoms with Gasteiger partial charge in [-0.3, -0.25) is 15.0 Å². The van der Waals surface area contributed by atoms with Gasteiger partial charge in [0.15, 0.2) is 0 Å². The molecule has 0 aliphatic heterocycles. The molecule has 4 rings (SSSR count). The number of carbonyl (C=O) groups is 2. The maximum absolute atomic E-state index is 12.6. The predicted molar refractivity (Wildman–Crippen MR) is 103 cm³/mol. The number of aromatic nitrogens is 3. The van der Waals surface area contributed by atoms with E-state index in [1.165, 1.54) is 24.3 Å². The molecule has 0 atom stereocenters. The Hall–Kier alpha value is -3.85. The van der Waals surface area contributed by atoms with E-state index in [9.17, 15) is 19.2 Å². The number of fused-ring (bicyclic) bond motifs is 2.